The van der Waals surface area contributed by atoms with Crippen molar-refractivity contribution in [2.24, 2.45) is 10.9 Å². The molecule has 0 spiro atoms. The van der Waals surface area contributed by atoms with Gasteiger partial charge in [-0.25, -0.2) is 0 Å². The van der Waals surface area contributed by atoms with Gasteiger partial charge in [0.25, 0.3) is 0 Å². The van der Waals surface area contributed by atoms with E-state index >= 15 is 0 Å². The van der Waals surface area contributed by atoms with Gasteiger partial charge in [-0.1, -0.05) is 43.3 Å². The van der Waals surface area contributed by atoms with Crippen molar-refractivity contribution < 1.29 is 0 Å². The number of nitrogens with one attached hydrogen (secondary N) is 1. The Labute approximate surface area is 179 Å². The van der Waals surface area contributed by atoms with E-state index in [0.29, 0.717) is 11.8 Å². The maximum absolute atomic E-state index is 4.92. The molecule has 158 valence electrons. The minimum Gasteiger partial charge on any atom is -0.357 e. The van der Waals surface area contributed by atoms with Crippen LogP contribution in [0.2, 0.25) is 0 Å². The first-order valence-electron chi connectivity index (χ1n) is 11.1. The summed E-state index contributed by atoms with van der Waals surface area (Å²) in [5.41, 5.74) is 2.37. The first-order valence-corrected chi connectivity index (χ1v) is 11.1. The van der Waals surface area contributed by atoms with Gasteiger partial charge in [0.15, 0.2) is 11.6 Å². The Kier molecular flexibility index (Phi) is 6.62. The van der Waals surface area contributed by atoms with Crippen LogP contribution in [0.25, 0.3) is 5.65 Å². The van der Waals surface area contributed by atoms with Crippen molar-refractivity contribution in [1.82, 2.24) is 24.8 Å². The largest absolute Gasteiger partial charge is 0.357 e. The molecule has 6 heteroatoms. The first kappa shape index (κ1) is 20.4. The van der Waals surface area contributed by atoms with Crippen LogP contribution in [0.5, 0.6) is 0 Å². The number of aliphatic imine (C=N–C) groups is 1. The zero-order chi connectivity index (χ0) is 20.8. The SMILES string of the molecule is CCNC(=NCCCc1nnc2ccccn12)N1CCC(c2ccccc2)C(C)C1. The Morgan fingerprint density at radius 1 is 1.13 bits per heavy atom. The van der Waals surface area contributed by atoms with Gasteiger partial charge < -0.3 is 10.2 Å². The van der Waals surface area contributed by atoms with Crippen LogP contribution in [0.15, 0.2) is 59.7 Å². The van der Waals surface area contributed by atoms with Crippen molar-refractivity contribution in [3.8, 4) is 0 Å². The topological polar surface area (TPSA) is 57.8 Å². The summed E-state index contributed by atoms with van der Waals surface area (Å²) in [7, 11) is 0. The van der Waals surface area contributed by atoms with E-state index in [-0.39, 0.29) is 0 Å². The van der Waals surface area contributed by atoms with Gasteiger partial charge in [-0.15, -0.1) is 10.2 Å². The first-order chi connectivity index (χ1) is 14.8. The summed E-state index contributed by atoms with van der Waals surface area (Å²) in [6.45, 7) is 8.27. The molecule has 3 aromatic rings. The maximum Gasteiger partial charge on any atom is 0.193 e. The lowest BCUT2D eigenvalue weighted by Gasteiger charge is -2.39. The number of likely N-dealkylation sites (tertiary alicyclic amines) is 1. The quantitative estimate of drug-likeness (QED) is 0.386. The number of nitrogens with zero attached hydrogens (tertiary/aromatic N) is 5. The summed E-state index contributed by atoms with van der Waals surface area (Å²) >= 11 is 0. The number of hydrogen-bond donors (Lipinski definition) is 1. The molecule has 0 aliphatic carbocycles. The van der Waals surface area contributed by atoms with Gasteiger partial charge >= 0.3 is 0 Å². The Bertz CT molecular complexity index is 964. The Balaban J connectivity index is 1.34. The number of pyridine rings is 1. The van der Waals surface area contributed by atoms with Gasteiger partial charge in [-0.3, -0.25) is 9.39 Å². The van der Waals surface area contributed by atoms with E-state index in [4.69, 9.17) is 4.99 Å². The van der Waals surface area contributed by atoms with Gasteiger partial charge in [-0.2, -0.15) is 0 Å². The third-order valence-corrected chi connectivity index (χ3v) is 5.97. The fourth-order valence-electron chi connectivity index (χ4n) is 4.44. The van der Waals surface area contributed by atoms with E-state index in [1.807, 2.05) is 24.4 Å². The molecule has 1 saturated heterocycles. The molecule has 4 rings (SSSR count). The average Bonchev–Trinajstić information content (AvgIpc) is 3.19. The molecule has 1 aliphatic rings. The number of aromatic nitrogens is 3. The summed E-state index contributed by atoms with van der Waals surface area (Å²) in [5.74, 6) is 3.28. The molecule has 0 saturated carbocycles. The number of rotatable bonds is 6. The van der Waals surface area contributed by atoms with Crippen LogP contribution in [0.4, 0.5) is 0 Å². The Morgan fingerprint density at radius 3 is 2.77 bits per heavy atom. The minimum absolute atomic E-state index is 0.604. The molecule has 2 aromatic heterocycles. The molecule has 2 unspecified atom stereocenters. The molecule has 3 heterocycles. The van der Waals surface area contributed by atoms with Crippen molar-refractivity contribution in [2.75, 3.05) is 26.2 Å². The third kappa shape index (κ3) is 4.64. The van der Waals surface area contributed by atoms with Crippen molar-refractivity contribution in [3.63, 3.8) is 0 Å². The number of aryl methyl sites for hydroxylation is 1. The molecule has 0 amide bonds. The zero-order valence-electron chi connectivity index (χ0n) is 18.0. The normalized spacial score (nSPS) is 19.9. The van der Waals surface area contributed by atoms with Crippen LogP contribution < -0.4 is 5.32 Å². The molecular formula is C24H32N6. The lowest BCUT2D eigenvalue weighted by molar-refractivity contribution is 0.234. The predicted molar refractivity (Wildman–Crippen MR) is 122 cm³/mol. The lowest BCUT2D eigenvalue weighted by atomic mass is 9.82. The fourth-order valence-corrected chi connectivity index (χ4v) is 4.44. The minimum atomic E-state index is 0.604. The van der Waals surface area contributed by atoms with Gasteiger partial charge in [0, 0.05) is 38.8 Å². The molecule has 1 aliphatic heterocycles. The summed E-state index contributed by atoms with van der Waals surface area (Å²) in [5, 5.41) is 12.0. The van der Waals surface area contributed by atoms with Crippen LogP contribution in [-0.4, -0.2) is 51.6 Å². The van der Waals surface area contributed by atoms with E-state index < -0.39 is 0 Å². The summed E-state index contributed by atoms with van der Waals surface area (Å²) in [6, 6.07) is 16.9. The highest BCUT2D eigenvalue weighted by molar-refractivity contribution is 5.80. The monoisotopic (exact) mass is 404 g/mol. The van der Waals surface area contributed by atoms with E-state index in [9.17, 15) is 0 Å². The van der Waals surface area contributed by atoms with Crippen LogP contribution in [-0.2, 0) is 6.42 Å². The van der Waals surface area contributed by atoms with E-state index in [2.05, 4.69) is 69.0 Å². The highest BCUT2D eigenvalue weighted by Gasteiger charge is 2.28. The molecule has 0 bridgehead atoms. The lowest BCUT2D eigenvalue weighted by Crippen LogP contribution is -2.48. The number of guanidine groups is 1. The van der Waals surface area contributed by atoms with Crippen LogP contribution in [0.3, 0.4) is 0 Å². The summed E-state index contributed by atoms with van der Waals surface area (Å²) < 4.78 is 2.06. The molecule has 0 radical (unpaired) electrons. The van der Waals surface area contributed by atoms with Crippen LogP contribution >= 0.6 is 0 Å². The molecule has 1 N–H and O–H groups in total. The smallest absolute Gasteiger partial charge is 0.193 e. The van der Waals surface area contributed by atoms with Gasteiger partial charge in [0.2, 0.25) is 0 Å². The third-order valence-electron chi connectivity index (χ3n) is 5.97. The van der Waals surface area contributed by atoms with Crippen molar-refractivity contribution >= 4 is 11.6 Å². The zero-order valence-corrected chi connectivity index (χ0v) is 18.0. The second kappa shape index (κ2) is 9.74. The van der Waals surface area contributed by atoms with Crippen molar-refractivity contribution in [3.05, 3.63) is 66.1 Å². The molecular weight excluding hydrogens is 372 g/mol. The van der Waals surface area contributed by atoms with Crippen molar-refractivity contribution in [1.29, 1.82) is 0 Å². The molecule has 1 aromatic carbocycles. The summed E-state index contributed by atoms with van der Waals surface area (Å²) in [4.78, 5) is 7.35. The van der Waals surface area contributed by atoms with Gasteiger partial charge in [0.05, 0.1) is 0 Å². The highest BCUT2D eigenvalue weighted by atomic mass is 15.3. The molecule has 6 nitrogen and oxygen atoms in total. The van der Waals surface area contributed by atoms with E-state index in [1.165, 1.54) is 12.0 Å². The number of hydrogen-bond acceptors (Lipinski definition) is 3. The number of benzene rings is 1. The van der Waals surface area contributed by atoms with Crippen LogP contribution in [0, 0.1) is 5.92 Å². The number of piperidine rings is 1. The predicted octanol–water partition coefficient (Wildman–Crippen LogP) is 3.75. The molecule has 1 fully saturated rings. The van der Waals surface area contributed by atoms with Crippen LogP contribution in [0.1, 0.15) is 44.0 Å². The van der Waals surface area contributed by atoms with E-state index in [1.54, 1.807) is 0 Å². The fraction of sp³-hybridized carbons (Fsp3) is 0.458. The highest BCUT2D eigenvalue weighted by Crippen LogP contribution is 2.32. The molecule has 2 atom stereocenters. The number of fused-ring (bicyclic) bond motifs is 1. The second-order valence-electron chi connectivity index (χ2n) is 8.11. The van der Waals surface area contributed by atoms with Crippen molar-refractivity contribution in [2.45, 2.75) is 39.0 Å². The standard InChI is InChI=1S/C24H32N6/c1-3-25-24(26-15-9-13-23-28-27-22-12-7-8-16-30(22)23)29-17-14-21(19(2)18-29)20-10-5-4-6-11-20/h4-8,10-12,16,19,21H,3,9,13-15,17-18H2,1-2H3,(H,25,26). The molecule has 30 heavy (non-hydrogen) atoms. The Morgan fingerprint density at radius 2 is 1.97 bits per heavy atom. The maximum atomic E-state index is 4.92. The Hall–Kier alpha value is -2.89. The van der Waals surface area contributed by atoms with Gasteiger partial charge in [0.1, 0.15) is 5.82 Å². The van der Waals surface area contributed by atoms with E-state index in [0.717, 1.165) is 56.5 Å². The second-order valence-corrected chi connectivity index (χ2v) is 8.11. The summed E-state index contributed by atoms with van der Waals surface area (Å²) in [6.07, 6.45) is 5.03. The van der Waals surface area contributed by atoms with Gasteiger partial charge in [-0.05, 0) is 49.3 Å². The average molecular weight is 405 g/mol.